The Hall–Kier alpha value is -1.70. The normalized spacial score (nSPS) is 23.6. The van der Waals surface area contributed by atoms with Crippen molar-refractivity contribution in [1.82, 2.24) is 15.0 Å². The van der Waals surface area contributed by atoms with Crippen molar-refractivity contribution in [3.05, 3.63) is 35.0 Å². The largest absolute Gasteiger partial charge is 0.387 e. The van der Waals surface area contributed by atoms with E-state index in [2.05, 4.69) is 17.2 Å². The van der Waals surface area contributed by atoms with Crippen LogP contribution in [0.3, 0.4) is 0 Å². The first-order chi connectivity index (χ1) is 13.7. The monoisotopic (exact) mass is 412 g/mol. The van der Waals surface area contributed by atoms with Crippen molar-refractivity contribution in [3.63, 3.8) is 0 Å². The maximum Gasteiger partial charge on any atom is 0.164 e. The number of nitrogens with zero attached hydrogens (tertiary/aromatic N) is 3. The predicted octanol–water partition coefficient (Wildman–Crippen LogP) is 4.30. The van der Waals surface area contributed by atoms with Crippen LogP contribution >= 0.6 is 23.1 Å². The minimum atomic E-state index is -0.647. The third-order valence-electron chi connectivity index (χ3n) is 5.85. The third kappa shape index (κ3) is 3.09. The van der Waals surface area contributed by atoms with Crippen LogP contribution in [0, 0.1) is 0 Å². The highest BCUT2D eigenvalue weighted by Crippen LogP contribution is 2.43. The smallest absolute Gasteiger partial charge is 0.164 e. The molecule has 5 rings (SSSR count). The summed E-state index contributed by atoms with van der Waals surface area (Å²) in [5.41, 5.74) is 1.68. The van der Waals surface area contributed by atoms with Gasteiger partial charge in [0.05, 0.1) is 11.0 Å². The lowest BCUT2D eigenvalue weighted by Gasteiger charge is -2.45. The zero-order chi connectivity index (χ0) is 19.1. The van der Waals surface area contributed by atoms with Gasteiger partial charge in [-0.2, -0.15) is 11.8 Å². The fraction of sp³-hybridized carbons (Fsp3) is 0.476. The van der Waals surface area contributed by atoms with Crippen LogP contribution in [-0.2, 0) is 12.8 Å². The first-order valence-corrected chi connectivity index (χ1v) is 11.8. The number of hydrogen-bond acceptors (Lipinski definition) is 7. The van der Waals surface area contributed by atoms with Gasteiger partial charge in [0, 0.05) is 34.6 Å². The molecule has 28 heavy (non-hydrogen) atoms. The molecule has 2 atom stereocenters. The summed E-state index contributed by atoms with van der Waals surface area (Å²) in [6, 6.07) is 3.90. The Morgan fingerprint density at radius 3 is 3.04 bits per heavy atom. The minimum absolute atomic E-state index is 0.313. The first-order valence-electron chi connectivity index (χ1n) is 9.98. The molecule has 0 saturated heterocycles. The molecule has 3 aromatic heterocycles. The molecule has 3 aromatic rings. The molecule has 0 radical (unpaired) electrons. The van der Waals surface area contributed by atoms with Crippen LogP contribution in [0.1, 0.15) is 36.6 Å². The Morgan fingerprint density at radius 1 is 1.36 bits per heavy atom. The van der Waals surface area contributed by atoms with Crippen LogP contribution in [0.2, 0.25) is 0 Å². The molecule has 146 valence electrons. The van der Waals surface area contributed by atoms with E-state index >= 15 is 0 Å². The number of aliphatic hydroxyl groups is 1. The number of anilines is 1. The number of nitrogens with one attached hydrogen (secondary N) is 1. The highest BCUT2D eigenvalue weighted by molar-refractivity contribution is 8.00. The summed E-state index contributed by atoms with van der Waals surface area (Å²) in [5.74, 6) is 2.60. The van der Waals surface area contributed by atoms with E-state index in [1.54, 1.807) is 23.7 Å². The summed E-state index contributed by atoms with van der Waals surface area (Å²) in [6.45, 7) is 2.69. The van der Waals surface area contributed by atoms with Crippen molar-refractivity contribution in [2.45, 2.75) is 49.9 Å². The number of fused-ring (bicyclic) bond motifs is 3. The molecule has 3 heterocycles. The van der Waals surface area contributed by atoms with Gasteiger partial charge in [0.1, 0.15) is 10.6 Å². The van der Waals surface area contributed by atoms with E-state index < -0.39 is 5.60 Å². The Bertz CT molecular complexity index is 1010. The topological polar surface area (TPSA) is 70.9 Å². The van der Waals surface area contributed by atoms with Gasteiger partial charge < -0.3 is 10.4 Å². The van der Waals surface area contributed by atoms with Gasteiger partial charge in [-0.3, -0.25) is 4.98 Å². The Balaban J connectivity index is 1.52. The second-order valence-corrected chi connectivity index (χ2v) is 10.2. The Labute approximate surface area is 173 Å². The van der Waals surface area contributed by atoms with Crippen LogP contribution in [0.15, 0.2) is 24.5 Å². The second-order valence-electron chi connectivity index (χ2n) is 7.61. The lowest BCUT2D eigenvalue weighted by Crippen LogP contribution is -2.54. The van der Waals surface area contributed by atoms with Gasteiger partial charge in [0.25, 0.3) is 0 Å². The van der Waals surface area contributed by atoms with Crippen LogP contribution < -0.4 is 5.32 Å². The second kappa shape index (κ2) is 7.28. The molecule has 2 unspecified atom stereocenters. The number of pyridine rings is 1. The first kappa shape index (κ1) is 18.3. The van der Waals surface area contributed by atoms with Gasteiger partial charge in [0.15, 0.2) is 5.82 Å². The number of aromatic nitrogens is 3. The van der Waals surface area contributed by atoms with Gasteiger partial charge in [-0.25, -0.2) is 9.97 Å². The lowest BCUT2D eigenvalue weighted by molar-refractivity contribution is -0.0120. The highest BCUT2D eigenvalue weighted by Gasteiger charge is 2.45. The summed E-state index contributed by atoms with van der Waals surface area (Å²) in [4.78, 5) is 16.4. The standard InChI is InChI=1S/C21H24N4OS2/c1-2-27-16-8-9-21(16,26)12-23-19-17-14-6-3-7-15(14)28-20(17)25-18(24-19)13-5-4-10-22-11-13/h4-5,10-11,16,26H,2-3,6-9,12H2,1H3,(H,23,24,25). The number of thioether (sulfide) groups is 1. The molecular formula is C21H24N4OS2. The molecule has 0 aromatic carbocycles. The third-order valence-corrected chi connectivity index (χ3v) is 8.45. The summed E-state index contributed by atoms with van der Waals surface area (Å²) in [6.07, 6.45) is 8.95. The fourth-order valence-electron chi connectivity index (χ4n) is 4.22. The molecular weight excluding hydrogens is 388 g/mol. The van der Waals surface area contributed by atoms with E-state index in [1.807, 2.05) is 23.9 Å². The quantitative estimate of drug-likeness (QED) is 0.629. The van der Waals surface area contributed by atoms with Gasteiger partial charge in [-0.05, 0) is 55.6 Å². The summed E-state index contributed by atoms with van der Waals surface area (Å²) < 4.78 is 0. The number of hydrogen-bond donors (Lipinski definition) is 2. The molecule has 2 aliphatic carbocycles. The number of rotatable bonds is 6. The molecule has 0 bridgehead atoms. The van der Waals surface area contributed by atoms with Gasteiger partial charge >= 0.3 is 0 Å². The average Bonchev–Trinajstić information content (AvgIpc) is 3.30. The van der Waals surface area contributed by atoms with E-state index in [-0.39, 0.29) is 0 Å². The van der Waals surface area contributed by atoms with E-state index in [0.717, 1.165) is 53.0 Å². The zero-order valence-corrected chi connectivity index (χ0v) is 17.6. The molecule has 2 aliphatic rings. The van der Waals surface area contributed by atoms with E-state index in [9.17, 15) is 5.11 Å². The molecule has 1 fully saturated rings. The summed E-state index contributed by atoms with van der Waals surface area (Å²) in [5, 5.41) is 16.0. The lowest BCUT2D eigenvalue weighted by atomic mass is 9.79. The molecule has 5 nitrogen and oxygen atoms in total. The number of aryl methyl sites for hydroxylation is 2. The summed E-state index contributed by atoms with van der Waals surface area (Å²) >= 11 is 3.65. The van der Waals surface area contributed by atoms with Gasteiger partial charge in [-0.1, -0.05) is 6.92 Å². The molecule has 0 amide bonds. The molecule has 2 N–H and O–H groups in total. The summed E-state index contributed by atoms with van der Waals surface area (Å²) in [7, 11) is 0. The van der Waals surface area contributed by atoms with Crippen LogP contribution in [0.25, 0.3) is 21.6 Å². The van der Waals surface area contributed by atoms with Crippen molar-refractivity contribution < 1.29 is 5.11 Å². The SMILES string of the molecule is CCSC1CCC1(O)CNc1nc(-c2cccnc2)nc2sc3c(c12)CCC3. The Kier molecular flexibility index (Phi) is 4.77. The maximum absolute atomic E-state index is 11.0. The molecule has 1 saturated carbocycles. The van der Waals surface area contributed by atoms with Crippen LogP contribution in [0.5, 0.6) is 0 Å². The van der Waals surface area contributed by atoms with Crippen LogP contribution in [0.4, 0.5) is 5.82 Å². The van der Waals surface area contributed by atoms with Gasteiger partial charge in [0.2, 0.25) is 0 Å². The fourth-order valence-corrected chi connectivity index (χ4v) is 6.68. The van der Waals surface area contributed by atoms with Crippen LogP contribution in [-0.4, -0.2) is 43.2 Å². The average molecular weight is 413 g/mol. The Morgan fingerprint density at radius 2 is 2.29 bits per heavy atom. The van der Waals surface area contributed by atoms with Crippen molar-refractivity contribution in [1.29, 1.82) is 0 Å². The van der Waals surface area contributed by atoms with Crippen molar-refractivity contribution in [2.75, 3.05) is 17.6 Å². The molecule has 0 aliphatic heterocycles. The van der Waals surface area contributed by atoms with E-state index in [0.29, 0.717) is 17.6 Å². The minimum Gasteiger partial charge on any atom is -0.387 e. The molecule has 7 heteroatoms. The predicted molar refractivity (Wildman–Crippen MR) is 117 cm³/mol. The highest BCUT2D eigenvalue weighted by atomic mass is 32.2. The zero-order valence-electron chi connectivity index (χ0n) is 15.9. The van der Waals surface area contributed by atoms with Gasteiger partial charge in [-0.15, -0.1) is 11.3 Å². The van der Waals surface area contributed by atoms with E-state index in [1.165, 1.54) is 16.9 Å². The molecule has 0 spiro atoms. The van der Waals surface area contributed by atoms with Crippen molar-refractivity contribution >= 4 is 39.1 Å². The van der Waals surface area contributed by atoms with E-state index in [4.69, 9.17) is 9.97 Å². The maximum atomic E-state index is 11.0. The van der Waals surface area contributed by atoms with Crippen molar-refractivity contribution in [2.24, 2.45) is 0 Å². The van der Waals surface area contributed by atoms with Crippen molar-refractivity contribution in [3.8, 4) is 11.4 Å². The number of thiophene rings is 1.